The lowest BCUT2D eigenvalue weighted by Crippen LogP contribution is -2.17. The van der Waals surface area contributed by atoms with Crippen molar-refractivity contribution < 1.29 is 9.53 Å². The van der Waals surface area contributed by atoms with Crippen molar-refractivity contribution in [3.8, 4) is 11.8 Å². The minimum Gasteiger partial charge on any atom is -0.494 e. The Morgan fingerprint density at radius 3 is 2.52 bits per heavy atom. The van der Waals surface area contributed by atoms with Crippen LogP contribution in [-0.2, 0) is 0 Å². The number of hydrogen-bond acceptors (Lipinski definition) is 4. The molecule has 0 saturated heterocycles. The van der Waals surface area contributed by atoms with Gasteiger partial charge in [0.15, 0.2) is 0 Å². The average molecular weight is 307 g/mol. The predicted octanol–water partition coefficient (Wildman–Crippen LogP) is 3.11. The van der Waals surface area contributed by atoms with Crippen molar-refractivity contribution in [2.24, 2.45) is 5.10 Å². The van der Waals surface area contributed by atoms with Gasteiger partial charge in [0.1, 0.15) is 5.75 Å². The molecule has 0 spiro atoms. The van der Waals surface area contributed by atoms with E-state index >= 15 is 0 Å². The van der Waals surface area contributed by atoms with Crippen molar-refractivity contribution in [2.75, 3.05) is 6.61 Å². The fraction of sp³-hybridized carbons (Fsp3) is 0.167. The molecule has 0 heterocycles. The van der Waals surface area contributed by atoms with E-state index in [2.05, 4.69) is 10.5 Å². The van der Waals surface area contributed by atoms with Crippen LogP contribution in [0.5, 0.6) is 5.75 Å². The number of rotatable bonds is 6. The second-order valence-electron chi connectivity index (χ2n) is 4.81. The van der Waals surface area contributed by atoms with Crippen LogP contribution in [0.25, 0.3) is 0 Å². The number of carbonyl (C=O) groups is 1. The van der Waals surface area contributed by atoms with Crippen LogP contribution in [-0.4, -0.2) is 18.7 Å². The minimum atomic E-state index is -0.295. The van der Waals surface area contributed by atoms with E-state index in [9.17, 15) is 4.79 Å². The Morgan fingerprint density at radius 2 is 1.91 bits per heavy atom. The summed E-state index contributed by atoms with van der Waals surface area (Å²) in [5.41, 5.74) is 4.35. The van der Waals surface area contributed by atoms with Crippen molar-refractivity contribution in [2.45, 2.75) is 13.3 Å². The number of nitrogens with one attached hydrogen (secondary N) is 1. The van der Waals surface area contributed by atoms with Gasteiger partial charge in [-0.15, -0.1) is 0 Å². The molecule has 0 atom stereocenters. The Bertz CT molecular complexity index is 713. The standard InChI is InChI=1S/C18H17N3O2/c1-2-11-23-17-9-7-16(8-10-17)18(22)21-20-13-15-5-3-14(12-19)4-6-15/h3-10,13H,2,11H2,1H3,(H,21,22)/b20-13+. The molecule has 0 aliphatic heterocycles. The van der Waals surface area contributed by atoms with Crippen LogP contribution in [0.4, 0.5) is 0 Å². The third-order valence-corrected chi connectivity index (χ3v) is 3.01. The number of hydrogen-bond donors (Lipinski definition) is 1. The summed E-state index contributed by atoms with van der Waals surface area (Å²) in [6.07, 6.45) is 2.46. The second kappa shape index (κ2) is 8.35. The summed E-state index contributed by atoms with van der Waals surface area (Å²) < 4.78 is 5.46. The fourth-order valence-electron chi connectivity index (χ4n) is 1.80. The molecule has 0 aromatic heterocycles. The Morgan fingerprint density at radius 1 is 1.22 bits per heavy atom. The summed E-state index contributed by atoms with van der Waals surface area (Å²) >= 11 is 0. The molecule has 2 aromatic carbocycles. The molecular formula is C18H17N3O2. The van der Waals surface area contributed by atoms with Crippen LogP contribution in [0.1, 0.15) is 34.8 Å². The first kappa shape index (κ1) is 16.2. The molecule has 2 aromatic rings. The van der Waals surface area contributed by atoms with Gasteiger partial charge in [-0.25, -0.2) is 5.43 Å². The Hall–Kier alpha value is -3.13. The number of nitrogens with zero attached hydrogens (tertiary/aromatic N) is 2. The lowest BCUT2D eigenvalue weighted by atomic mass is 10.2. The maximum absolute atomic E-state index is 12.0. The summed E-state index contributed by atoms with van der Waals surface area (Å²) in [4.78, 5) is 12.0. The molecule has 0 saturated carbocycles. The van der Waals surface area contributed by atoms with E-state index in [0.29, 0.717) is 17.7 Å². The van der Waals surface area contributed by atoms with Crippen LogP contribution in [0.15, 0.2) is 53.6 Å². The van der Waals surface area contributed by atoms with Gasteiger partial charge in [0, 0.05) is 5.56 Å². The zero-order valence-electron chi connectivity index (χ0n) is 12.8. The van der Waals surface area contributed by atoms with Gasteiger partial charge in [-0.05, 0) is 48.4 Å². The number of benzene rings is 2. The highest BCUT2D eigenvalue weighted by atomic mass is 16.5. The molecule has 2 rings (SSSR count). The van der Waals surface area contributed by atoms with E-state index < -0.39 is 0 Å². The highest BCUT2D eigenvalue weighted by Gasteiger charge is 2.04. The van der Waals surface area contributed by atoms with Gasteiger partial charge in [-0.2, -0.15) is 10.4 Å². The Balaban J connectivity index is 1.90. The molecule has 0 bridgehead atoms. The van der Waals surface area contributed by atoms with E-state index in [1.807, 2.05) is 13.0 Å². The molecule has 0 aliphatic rings. The Kier molecular flexibility index (Phi) is 5.89. The van der Waals surface area contributed by atoms with E-state index in [1.54, 1.807) is 48.5 Å². The first-order chi connectivity index (χ1) is 11.2. The van der Waals surface area contributed by atoms with Gasteiger partial charge in [0.05, 0.1) is 24.5 Å². The van der Waals surface area contributed by atoms with E-state index in [0.717, 1.165) is 17.7 Å². The monoisotopic (exact) mass is 307 g/mol. The molecule has 5 nitrogen and oxygen atoms in total. The first-order valence-electron chi connectivity index (χ1n) is 7.29. The molecule has 0 radical (unpaired) electrons. The predicted molar refractivity (Wildman–Crippen MR) is 88.4 cm³/mol. The summed E-state index contributed by atoms with van der Waals surface area (Å²) in [5.74, 6) is 0.446. The first-order valence-corrected chi connectivity index (χ1v) is 7.29. The van der Waals surface area contributed by atoms with Crippen LogP contribution < -0.4 is 10.2 Å². The maximum Gasteiger partial charge on any atom is 0.271 e. The summed E-state index contributed by atoms with van der Waals surface area (Å²) in [7, 11) is 0. The van der Waals surface area contributed by atoms with Crippen molar-refractivity contribution >= 4 is 12.1 Å². The second-order valence-corrected chi connectivity index (χ2v) is 4.81. The van der Waals surface area contributed by atoms with Crippen molar-refractivity contribution in [3.63, 3.8) is 0 Å². The van der Waals surface area contributed by atoms with E-state index in [-0.39, 0.29) is 5.91 Å². The van der Waals surface area contributed by atoms with Gasteiger partial charge >= 0.3 is 0 Å². The van der Waals surface area contributed by atoms with Crippen molar-refractivity contribution in [1.29, 1.82) is 5.26 Å². The van der Waals surface area contributed by atoms with Crippen LogP contribution in [0.3, 0.4) is 0 Å². The number of amides is 1. The molecular weight excluding hydrogens is 290 g/mol. The van der Waals surface area contributed by atoms with Crippen LogP contribution in [0.2, 0.25) is 0 Å². The zero-order chi connectivity index (χ0) is 16.5. The molecule has 0 fully saturated rings. The minimum absolute atomic E-state index is 0.295. The molecule has 1 amide bonds. The quantitative estimate of drug-likeness (QED) is 0.658. The molecule has 23 heavy (non-hydrogen) atoms. The maximum atomic E-state index is 12.0. The lowest BCUT2D eigenvalue weighted by Gasteiger charge is -2.05. The topological polar surface area (TPSA) is 74.5 Å². The summed E-state index contributed by atoms with van der Waals surface area (Å²) in [5, 5.41) is 12.6. The number of carbonyl (C=O) groups excluding carboxylic acids is 1. The zero-order valence-corrected chi connectivity index (χ0v) is 12.8. The molecule has 5 heteroatoms. The van der Waals surface area contributed by atoms with Gasteiger partial charge in [0.25, 0.3) is 5.91 Å². The Labute approximate surface area is 135 Å². The van der Waals surface area contributed by atoms with Crippen molar-refractivity contribution in [1.82, 2.24) is 5.43 Å². The average Bonchev–Trinajstić information content (AvgIpc) is 2.61. The highest BCUT2D eigenvalue weighted by molar-refractivity contribution is 5.95. The third-order valence-electron chi connectivity index (χ3n) is 3.01. The van der Waals surface area contributed by atoms with Gasteiger partial charge in [-0.3, -0.25) is 4.79 Å². The van der Waals surface area contributed by atoms with Gasteiger partial charge in [0.2, 0.25) is 0 Å². The molecule has 1 N–H and O–H groups in total. The normalized spacial score (nSPS) is 10.3. The highest BCUT2D eigenvalue weighted by Crippen LogP contribution is 2.12. The van der Waals surface area contributed by atoms with Crippen molar-refractivity contribution in [3.05, 3.63) is 65.2 Å². The number of hydrazone groups is 1. The number of nitriles is 1. The SMILES string of the molecule is CCCOc1ccc(C(=O)N/N=C/c2ccc(C#N)cc2)cc1. The summed E-state index contributed by atoms with van der Waals surface area (Å²) in [6.45, 7) is 2.69. The van der Waals surface area contributed by atoms with Gasteiger partial charge in [-0.1, -0.05) is 19.1 Å². The molecule has 0 aliphatic carbocycles. The fourth-order valence-corrected chi connectivity index (χ4v) is 1.80. The molecule has 116 valence electrons. The van der Waals surface area contributed by atoms with E-state index in [1.165, 1.54) is 6.21 Å². The van der Waals surface area contributed by atoms with Gasteiger partial charge < -0.3 is 4.74 Å². The van der Waals surface area contributed by atoms with Crippen LogP contribution in [0, 0.1) is 11.3 Å². The molecule has 0 unspecified atom stereocenters. The van der Waals surface area contributed by atoms with Crippen LogP contribution >= 0.6 is 0 Å². The summed E-state index contributed by atoms with van der Waals surface area (Å²) in [6, 6.07) is 15.8. The number of ether oxygens (including phenoxy) is 1. The smallest absolute Gasteiger partial charge is 0.271 e. The largest absolute Gasteiger partial charge is 0.494 e. The third kappa shape index (κ3) is 4.97. The lowest BCUT2D eigenvalue weighted by molar-refractivity contribution is 0.0955. The van der Waals surface area contributed by atoms with E-state index in [4.69, 9.17) is 10.00 Å².